The molecule has 4 aliphatic heterocycles. The van der Waals surface area contributed by atoms with Crippen molar-refractivity contribution in [1.82, 2.24) is 0 Å². The molecule has 0 saturated heterocycles. The van der Waals surface area contributed by atoms with E-state index in [-0.39, 0.29) is 68.2 Å². The van der Waals surface area contributed by atoms with Crippen molar-refractivity contribution < 1.29 is 101 Å². The van der Waals surface area contributed by atoms with Gasteiger partial charge >= 0.3 is 5.79 Å². The van der Waals surface area contributed by atoms with E-state index in [4.69, 9.17) is 18.9 Å². The predicted octanol–water partition coefficient (Wildman–Crippen LogP) is 3.65. The first-order valence-electron chi connectivity index (χ1n) is 19.6. The number of aromatic hydroxyl groups is 13. The average Bonchev–Trinajstić information content (AvgIpc) is 3.23. The van der Waals surface area contributed by atoms with Crippen LogP contribution >= 0.6 is 0 Å². The Labute approximate surface area is 363 Å². The van der Waals surface area contributed by atoms with Crippen LogP contribution in [-0.2, 0) is 12.2 Å². The molecule has 10 rings (SSSR count). The zero-order valence-corrected chi connectivity index (χ0v) is 32.9. The summed E-state index contributed by atoms with van der Waals surface area (Å²) in [6, 6.07) is 11.1. The first-order chi connectivity index (χ1) is 30.8. The van der Waals surface area contributed by atoms with E-state index in [1.54, 1.807) is 0 Å². The van der Waals surface area contributed by atoms with E-state index in [1.165, 1.54) is 6.07 Å². The highest BCUT2D eigenvalue weighted by Crippen LogP contribution is 2.66. The average molecular weight is 897 g/mol. The molecule has 20 heteroatoms. The second-order valence-electron chi connectivity index (χ2n) is 16.2. The third-order valence-electron chi connectivity index (χ3n) is 12.4. The maximum Gasteiger partial charge on any atom is 0.305 e. The monoisotopic (exact) mass is 896 g/mol. The Bertz CT molecular complexity index is 2980. The van der Waals surface area contributed by atoms with E-state index in [0.717, 1.165) is 60.7 Å². The molecule has 336 valence electrons. The summed E-state index contributed by atoms with van der Waals surface area (Å²) in [5.74, 6) is -17.0. The lowest BCUT2D eigenvalue weighted by Gasteiger charge is -2.51. The lowest BCUT2D eigenvalue weighted by Crippen LogP contribution is -2.57. The fourth-order valence-electron chi connectivity index (χ4n) is 9.46. The minimum atomic E-state index is -2.52. The van der Waals surface area contributed by atoms with Crippen LogP contribution in [0.4, 0.5) is 0 Å². The maximum atomic E-state index is 12.5. The third-order valence-corrected chi connectivity index (χ3v) is 12.4. The van der Waals surface area contributed by atoms with Crippen LogP contribution in [0.25, 0.3) is 0 Å². The third kappa shape index (κ3) is 5.81. The van der Waals surface area contributed by atoms with E-state index < -0.39 is 129 Å². The summed E-state index contributed by atoms with van der Waals surface area (Å²) >= 11 is 0. The van der Waals surface area contributed by atoms with Gasteiger partial charge in [-0.3, -0.25) is 0 Å². The molecule has 20 nitrogen and oxygen atoms in total. The Kier molecular flexibility index (Phi) is 8.73. The molecule has 8 atom stereocenters. The molecular weight excluding hydrogens is 860 g/mol. The van der Waals surface area contributed by atoms with Crippen molar-refractivity contribution in [2.45, 2.75) is 54.6 Å². The number of aliphatic hydroxyl groups is 3. The number of ether oxygens (including phenoxy) is 4. The van der Waals surface area contributed by atoms with Gasteiger partial charge in [-0.25, -0.2) is 0 Å². The van der Waals surface area contributed by atoms with Crippen LogP contribution < -0.4 is 18.9 Å². The van der Waals surface area contributed by atoms with E-state index in [2.05, 4.69) is 0 Å². The Morgan fingerprint density at radius 3 is 1.65 bits per heavy atom. The molecule has 65 heavy (non-hydrogen) atoms. The van der Waals surface area contributed by atoms with E-state index in [1.807, 2.05) is 0 Å². The molecule has 2 bridgehead atoms. The summed E-state index contributed by atoms with van der Waals surface area (Å²) in [5, 5.41) is 177. The summed E-state index contributed by atoms with van der Waals surface area (Å²) in [4.78, 5) is 0. The van der Waals surface area contributed by atoms with Crippen molar-refractivity contribution in [1.29, 1.82) is 0 Å². The fourth-order valence-corrected chi connectivity index (χ4v) is 9.46. The lowest BCUT2D eigenvalue weighted by atomic mass is 9.71. The Balaban J connectivity index is 1.26. The molecule has 0 radical (unpaired) electrons. The van der Waals surface area contributed by atoms with E-state index in [9.17, 15) is 81.7 Å². The van der Waals surface area contributed by atoms with Gasteiger partial charge in [-0.2, -0.15) is 0 Å². The standard InChI is InChI=1S/C45H36O20/c46-16-8-21(50)31-29(9-16)64-45(15-6-26(55)38(59)27(56)7-15)44(61)36(31)34-30(65-45)12-23(52)33-35(39(60)41(63-43(33)34)14-4-24(53)37(58)25(54)5-14)32-22(51)11-19(48)17-10-28(57)40(62-42(17)32)13-1-2-18(47)20(49)3-13/h1-9,11-12,28,35-36,39-41,44,46-61H,10H2/t28-,35+,36-,39+,40+,41+,44-,45+/m0/s1. The topological polar surface area (TPSA) is 361 Å². The number of aliphatic hydroxyl groups excluding tert-OH is 3. The fraction of sp³-hybridized carbons (Fsp3) is 0.200. The van der Waals surface area contributed by atoms with Crippen LogP contribution in [0, 0.1) is 0 Å². The highest BCUT2D eigenvalue weighted by Gasteiger charge is 2.61. The summed E-state index contributed by atoms with van der Waals surface area (Å²) in [6.45, 7) is 0. The van der Waals surface area contributed by atoms with Crippen molar-refractivity contribution in [3.8, 4) is 97.7 Å². The van der Waals surface area contributed by atoms with Gasteiger partial charge in [-0.1, -0.05) is 6.07 Å². The van der Waals surface area contributed by atoms with Gasteiger partial charge in [-0.15, -0.1) is 0 Å². The highest BCUT2D eigenvalue weighted by atomic mass is 16.7. The molecule has 0 spiro atoms. The van der Waals surface area contributed by atoms with Crippen LogP contribution in [0.15, 0.2) is 66.7 Å². The predicted molar refractivity (Wildman–Crippen MR) is 215 cm³/mol. The molecular formula is C45H36O20. The number of benzene rings is 6. The normalized spacial score (nSPS) is 24.8. The summed E-state index contributed by atoms with van der Waals surface area (Å²) in [6.07, 6.45) is -8.95. The molecule has 0 amide bonds. The maximum absolute atomic E-state index is 12.5. The molecule has 4 aliphatic rings. The molecule has 0 aromatic heterocycles. The quantitative estimate of drug-likeness (QED) is 0.112. The summed E-state index contributed by atoms with van der Waals surface area (Å²) < 4.78 is 25.4. The molecule has 6 aromatic rings. The van der Waals surface area contributed by atoms with Crippen LogP contribution in [0.3, 0.4) is 0 Å². The first kappa shape index (κ1) is 40.8. The van der Waals surface area contributed by atoms with E-state index >= 15 is 0 Å². The van der Waals surface area contributed by atoms with Crippen LogP contribution in [-0.4, -0.2) is 100 Å². The number of phenols is 13. The Morgan fingerprint density at radius 1 is 0.446 bits per heavy atom. The van der Waals surface area contributed by atoms with Crippen molar-refractivity contribution in [3.63, 3.8) is 0 Å². The minimum absolute atomic E-state index is 0.0919. The van der Waals surface area contributed by atoms with Crippen molar-refractivity contribution >= 4 is 0 Å². The van der Waals surface area contributed by atoms with E-state index in [0.29, 0.717) is 0 Å². The van der Waals surface area contributed by atoms with Crippen LogP contribution in [0.1, 0.15) is 68.6 Å². The molecule has 0 saturated carbocycles. The molecule has 16 N–H and O–H groups in total. The van der Waals surface area contributed by atoms with Gasteiger partial charge in [0, 0.05) is 69.6 Å². The zero-order valence-electron chi connectivity index (χ0n) is 32.9. The van der Waals surface area contributed by atoms with Gasteiger partial charge in [0.05, 0.1) is 17.9 Å². The van der Waals surface area contributed by atoms with Gasteiger partial charge < -0.3 is 101 Å². The zero-order chi connectivity index (χ0) is 46.3. The molecule has 0 fully saturated rings. The summed E-state index contributed by atoms with van der Waals surface area (Å²) in [7, 11) is 0. The van der Waals surface area contributed by atoms with Gasteiger partial charge in [0.15, 0.2) is 52.1 Å². The van der Waals surface area contributed by atoms with Crippen LogP contribution in [0.2, 0.25) is 0 Å². The number of hydrogen-bond donors (Lipinski definition) is 16. The van der Waals surface area contributed by atoms with Gasteiger partial charge in [0.1, 0.15) is 70.1 Å². The lowest BCUT2D eigenvalue weighted by molar-refractivity contribution is -0.219. The van der Waals surface area contributed by atoms with Crippen LogP contribution in [0.5, 0.6) is 97.7 Å². The SMILES string of the molecule is Oc1cc(O)c2c(c1)O[C@]1(c3cc(O)c(O)c(O)c3)Oc3cc(O)c4c(c3[C@H]2[C@@H]1O)O[C@H](c1cc(O)c(O)c(O)c1)[C@H](O)[C@@H]4c1c(O)cc(O)c2c1O[C@H](c1ccc(O)c(O)c1)[C@@H](O)C2. The second kappa shape index (κ2) is 13.9. The number of rotatable bonds is 4. The number of hydrogen-bond acceptors (Lipinski definition) is 20. The molecule has 6 aromatic carbocycles. The van der Waals surface area contributed by atoms with Gasteiger partial charge in [-0.05, 0) is 42.0 Å². The number of phenolic OH excluding ortho intramolecular Hbond substituents is 13. The van der Waals surface area contributed by atoms with Crippen molar-refractivity contribution in [2.75, 3.05) is 0 Å². The first-order valence-corrected chi connectivity index (χ1v) is 19.6. The van der Waals surface area contributed by atoms with Crippen molar-refractivity contribution in [3.05, 3.63) is 111 Å². The highest BCUT2D eigenvalue weighted by molar-refractivity contribution is 5.72. The Morgan fingerprint density at radius 2 is 1.00 bits per heavy atom. The second-order valence-corrected chi connectivity index (χ2v) is 16.2. The largest absolute Gasteiger partial charge is 0.508 e. The minimum Gasteiger partial charge on any atom is -0.508 e. The number of fused-ring (bicyclic) bond motifs is 9. The van der Waals surface area contributed by atoms with Gasteiger partial charge in [0.25, 0.3) is 0 Å². The van der Waals surface area contributed by atoms with Gasteiger partial charge in [0.2, 0.25) is 0 Å². The van der Waals surface area contributed by atoms with Crippen molar-refractivity contribution in [2.24, 2.45) is 0 Å². The molecule has 0 aliphatic carbocycles. The smallest absolute Gasteiger partial charge is 0.305 e. The summed E-state index contributed by atoms with van der Waals surface area (Å²) in [5.41, 5.74) is -1.62. The molecule has 0 unspecified atom stereocenters. The molecule has 4 heterocycles. The Hall–Kier alpha value is -8.20.